The van der Waals surface area contributed by atoms with Crippen LogP contribution in [0, 0.1) is 5.41 Å². The van der Waals surface area contributed by atoms with Crippen LogP contribution in [0.3, 0.4) is 0 Å². The Kier molecular flexibility index (Phi) is 7.81. The van der Waals surface area contributed by atoms with Crippen LogP contribution in [0.15, 0.2) is 47.7 Å². The van der Waals surface area contributed by atoms with Gasteiger partial charge >= 0.3 is 0 Å². The molecule has 2 aromatic rings. The van der Waals surface area contributed by atoms with Crippen LogP contribution in [0.5, 0.6) is 11.5 Å². The maximum absolute atomic E-state index is 6.17. The Balaban J connectivity index is 2.02. The van der Waals surface area contributed by atoms with Gasteiger partial charge in [-0.15, -0.1) is 0 Å². The van der Waals surface area contributed by atoms with Crippen molar-refractivity contribution in [2.24, 2.45) is 5.41 Å². The van der Waals surface area contributed by atoms with E-state index in [1.165, 1.54) is 5.54 Å². The summed E-state index contributed by atoms with van der Waals surface area (Å²) >= 11 is 30.1. The lowest BCUT2D eigenvalue weighted by Crippen LogP contribution is -2.22. The summed E-state index contributed by atoms with van der Waals surface area (Å²) in [6.07, 6.45) is 0.635. The number of benzene rings is 2. The molecule has 0 aliphatic carbocycles. The SMILES string of the molecule is CC(C)(CCOc1ccc(Cl)cc1Cl)C(=CCl)Oc1ccc(Cl)cc1Cl. The van der Waals surface area contributed by atoms with E-state index in [1.807, 2.05) is 13.8 Å². The molecule has 0 fully saturated rings. The van der Waals surface area contributed by atoms with Crippen molar-refractivity contribution in [1.29, 1.82) is 0 Å². The molecule has 0 N–H and O–H groups in total. The highest BCUT2D eigenvalue weighted by Crippen LogP contribution is 2.37. The van der Waals surface area contributed by atoms with E-state index in [1.54, 1.807) is 36.4 Å². The number of hydrogen-bond donors (Lipinski definition) is 0. The zero-order valence-electron chi connectivity index (χ0n) is 14.2. The Hall–Kier alpha value is -0.770. The minimum atomic E-state index is -0.399. The van der Waals surface area contributed by atoms with Crippen molar-refractivity contribution in [3.05, 3.63) is 67.8 Å². The highest BCUT2D eigenvalue weighted by Gasteiger charge is 2.26. The van der Waals surface area contributed by atoms with Gasteiger partial charge in [0.2, 0.25) is 0 Å². The molecule has 0 bridgehead atoms. The molecule has 0 aliphatic heterocycles. The van der Waals surface area contributed by atoms with Crippen LogP contribution in [0.4, 0.5) is 0 Å². The summed E-state index contributed by atoms with van der Waals surface area (Å²) in [5, 5.41) is 1.97. The second-order valence-corrected chi connectivity index (χ2v) is 8.11. The Morgan fingerprint density at radius 3 is 1.96 bits per heavy atom. The van der Waals surface area contributed by atoms with E-state index in [9.17, 15) is 0 Å². The molecule has 0 atom stereocenters. The molecule has 0 heterocycles. The summed E-state index contributed by atoms with van der Waals surface area (Å²) in [5.74, 6) is 1.62. The van der Waals surface area contributed by atoms with Gasteiger partial charge in [-0.3, -0.25) is 0 Å². The second kappa shape index (κ2) is 9.43. The maximum Gasteiger partial charge on any atom is 0.145 e. The highest BCUT2D eigenvalue weighted by molar-refractivity contribution is 6.36. The second-order valence-electron chi connectivity index (χ2n) is 6.21. The van der Waals surface area contributed by atoms with Gasteiger partial charge < -0.3 is 9.47 Å². The van der Waals surface area contributed by atoms with Crippen molar-refractivity contribution in [2.45, 2.75) is 20.3 Å². The van der Waals surface area contributed by atoms with Gasteiger partial charge in [0, 0.05) is 21.0 Å². The predicted molar refractivity (Wildman–Crippen MR) is 111 cm³/mol. The lowest BCUT2D eigenvalue weighted by molar-refractivity contribution is 0.206. The zero-order valence-corrected chi connectivity index (χ0v) is 17.9. The van der Waals surface area contributed by atoms with Gasteiger partial charge in [-0.1, -0.05) is 71.9 Å². The van der Waals surface area contributed by atoms with Gasteiger partial charge in [0.1, 0.15) is 17.3 Å². The minimum absolute atomic E-state index is 0.399. The molecule has 0 amide bonds. The molecule has 0 aromatic heterocycles. The lowest BCUT2D eigenvalue weighted by atomic mass is 9.88. The zero-order chi connectivity index (χ0) is 19.3. The quantitative estimate of drug-likeness (QED) is 0.392. The van der Waals surface area contributed by atoms with Crippen LogP contribution >= 0.6 is 58.0 Å². The third-order valence-electron chi connectivity index (χ3n) is 3.76. The Morgan fingerprint density at radius 2 is 1.46 bits per heavy atom. The molecule has 140 valence electrons. The van der Waals surface area contributed by atoms with Crippen molar-refractivity contribution in [3.63, 3.8) is 0 Å². The van der Waals surface area contributed by atoms with Gasteiger partial charge in [-0.2, -0.15) is 0 Å². The third-order valence-corrected chi connectivity index (χ3v) is 5.02. The third kappa shape index (κ3) is 5.87. The molecule has 2 rings (SSSR count). The summed E-state index contributed by atoms with van der Waals surface area (Å²) in [6.45, 7) is 4.41. The molecular formula is C19H17Cl5O2. The molecule has 0 radical (unpaired) electrons. The van der Waals surface area contributed by atoms with Gasteiger partial charge in [0.25, 0.3) is 0 Å². The Bertz CT molecular complexity index is 803. The summed E-state index contributed by atoms with van der Waals surface area (Å²) in [5.41, 5.74) is 1.00. The first-order valence-corrected chi connectivity index (χ1v) is 9.69. The fourth-order valence-electron chi connectivity index (χ4n) is 2.12. The van der Waals surface area contributed by atoms with Crippen molar-refractivity contribution in [1.82, 2.24) is 0 Å². The molecule has 0 aliphatic rings. The molecule has 2 aromatic carbocycles. The lowest BCUT2D eigenvalue weighted by Gasteiger charge is -2.27. The van der Waals surface area contributed by atoms with Gasteiger partial charge in [0.15, 0.2) is 0 Å². The number of halogens is 5. The summed E-state index contributed by atoms with van der Waals surface area (Å²) in [6, 6.07) is 10.1. The monoisotopic (exact) mass is 452 g/mol. The number of rotatable bonds is 7. The Labute approximate surface area is 178 Å². The van der Waals surface area contributed by atoms with Crippen LogP contribution in [0.1, 0.15) is 20.3 Å². The largest absolute Gasteiger partial charge is 0.492 e. The summed E-state index contributed by atoms with van der Waals surface area (Å²) in [4.78, 5) is 0. The van der Waals surface area contributed by atoms with Gasteiger partial charge in [-0.25, -0.2) is 0 Å². The van der Waals surface area contributed by atoms with E-state index in [-0.39, 0.29) is 0 Å². The van der Waals surface area contributed by atoms with Crippen LogP contribution in [0.2, 0.25) is 20.1 Å². The van der Waals surface area contributed by atoms with Crippen LogP contribution in [-0.4, -0.2) is 6.61 Å². The fraction of sp³-hybridized carbons (Fsp3) is 0.263. The molecule has 26 heavy (non-hydrogen) atoms. The molecule has 0 unspecified atom stereocenters. The molecule has 7 heteroatoms. The molecule has 0 saturated carbocycles. The van der Waals surface area contributed by atoms with Gasteiger partial charge in [0.05, 0.1) is 16.7 Å². The molecule has 2 nitrogen and oxygen atoms in total. The topological polar surface area (TPSA) is 18.5 Å². The van der Waals surface area contributed by atoms with Crippen molar-refractivity contribution in [3.8, 4) is 11.5 Å². The number of hydrogen-bond acceptors (Lipinski definition) is 2. The predicted octanol–water partition coefficient (Wildman–Crippen LogP) is 8.25. The van der Waals surface area contributed by atoms with E-state index < -0.39 is 5.41 Å². The smallest absolute Gasteiger partial charge is 0.145 e. The fourth-order valence-corrected chi connectivity index (χ4v) is 3.37. The van der Waals surface area contributed by atoms with E-state index in [2.05, 4.69) is 0 Å². The Morgan fingerprint density at radius 1 is 0.923 bits per heavy atom. The average molecular weight is 455 g/mol. The first kappa shape index (κ1) is 21.5. The van der Waals surface area contributed by atoms with Crippen LogP contribution < -0.4 is 9.47 Å². The molecular weight excluding hydrogens is 437 g/mol. The van der Waals surface area contributed by atoms with Crippen LogP contribution in [-0.2, 0) is 0 Å². The van der Waals surface area contributed by atoms with Crippen molar-refractivity contribution in [2.75, 3.05) is 6.61 Å². The normalized spacial score (nSPS) is 12.2. The van der Waals surface area contributed by atoms with E-state index >= 15 is 0 Å². The van der Waals surface area contributed by atoms with Gasteiger partial charge in [-0.05, 0) is 42.8 Å². The highest BCUT2D eigenvalue weighted by atomic mass is 35.5. The standard InChI is InChI=1S/C19H17Cl5O2/c1-19(2,7-8-25-16-5-3-12(21)9-14(16)23)18(11-20)26-17-6-4-13(22)10-15(17)24/h3-6,9-11H,7-8H2,1-2H3. The van der Waals surface area contributed by atoms with Crippen molar-refractivity contribution >= 4 is 58.0 Å². The summed E-state index contributed by atoms with van der Waals surface area (Å²) in [7, 11) is 0. The first-order valence-electron chi connectivity index (χ1n) is 7.74. The van der Waals surface area contributed by atoms with E-state index in [0.717, 1.165) is 0 Å². The van der Waals surface area contributed by atoms with Crippen molar-refractivity contribution < 1.29 is 9.47 Å². The molecule has 0 spiro atoms. The minimum Gasteiger partial charge on any atom is -0.492 e. The number of allylic oxidation sites excluding steroid dienone is 1. The number of ether oxygens (including phenoxy) is 2. The molecule has 0 saturated heterocycles. The van der Waals surface area contributed by atoms with E-state index in [4.69, 9.17) is 67.5 Å². The van der Waals surface area contributed by atoms with Crippen LogP contribution in [0.25, 0.3) is 0 Å². The van der Waals surface area contributed by atoms with E-state index in [0.29, 0.717) is 50.4 Å². The first-order chi connectivity index (χ1) is 12.2. The summed E-state index contributed by atoms with van der Waals surface area (Å²) < 4.78 is 11.6. The maximum atomic E-state index is 6.17. The average Bonchev–Trinajstić information content (AvgIpc) is 2.56.